The van der Waals surface area contributed by atoms with Crippen LogP contribution in [0.25, 0.3) is 0 Å². The molecule has 1 saturated heterocycles. The van der Waals surface area contributed by atoms with Gasteiger partial charge in [-0.3, -0.25) is 24.1 Å². The molecule has 1 rings (SSSR count). The smallest absolute Gasteiger partial charge is 0.320 e. The van der Waals surface area contributed by atoms with E-state index in [-0.39, 0.29) is 347 Å². The van der Waals surface area contributed by atoms with Gasteiger partial charge in [0, 0.05) is 307 Å². The average Bonchev–Trinajstić information content (AvgIpc) is 2.59. The number of carboxylic acid groups (broad SMARTS) is 4. The first-order valence-electron chi connectivity index (χ1n) is 9.01. The second-order valence-corrected chi connectivity index (χ2v) is 6.56. The predicted molar refractivity (Wildman–Crippen MR) is 99.2 cm³/mol. The Kier molecular flexibility index (Phi) is 71.8. The van der Waals surface area contributed by atoms with Gasteiger partial charge in [0.25, 0.3) is 0 Å². The third-order valence-electron chi connectivity index (χ3n) is 4.48. The third-order valence-corrected chi connectivity index (χ3v) is 4.48. The molecule has 0 aromatic rings. The van der Waals surface area contributed by atoms with Gasteiger partial charge in [0.2, 0.25) is 0 Å². The summed E-state index contributed by atoms with van der Waals surface area (Å²) >= 11 is 0. The molecule has 0 aliphatic carbocycles. The van der Waals surface area contributed by atoms with Crippen LogP contribution in [-0.2, 0) is 314 Å². The zero-order valence-electron chi connectivity index (χ0n) is 21.4. The van der Waals surface area contributed by atoms with E-state index in [0.29, 0.717) is 0 Å². The van der Waals surface area contributed by atoms with Gasteiger partial charge in [0.15, 0.2) is 17.9 Å². The monoisotopic (exact) mass is 1220 g/mol. The second kappa shape index (κ2) is 40.4. The third kappa shape index (κ3) is 34.6. The van der Waals surface area contributed by atoms with Gasteiger partial charge in [-0.15, -0.1) is 0 Å². The summed E-state index contributed by atoms with van der Waals surface area (Å²) in [5.74, 6) is -4.53. The largest absolute Gasteiger partial charge is 0.502 e. The maximum absolute atomic E-state index is 11.4. The van der Waals surface area contributed by atoms with Crippen LogP contribution < -0.4 is 0 Å². The van der Waals surface area contributed by atoms with Gasteiger partial charge in [0.05, 0.1) is 0 Å². The molecular formula is C17H27N4O8Y9-3. The predicted octanol–water partition coefficient (Wildman–Crippen LogP) is -1.60. The summed E-state index contributed by atoms with van der Waals surface area (Å²) in [6, 6.07) is -0.840. The summed E-state index contributed by atoms with van der Waals surface area (Å²) in [6.45, 7) is 6.16. The molecule has 21 heteroatoms. The van der Waals surface area contributed by atoms with Gasteiger partial charge >= 0.3 is 5.97 Å². The van der Waals surface area contributed by atoms with Crippen molar-refractivity contribution in [1.29, 1.82) is 0 Å². The SMILES string of the molecule is CC(C(=O)O)N1CCN([CH-]C(=O)O)CCN([CH-]C(=O)O)CCN([CH-]C(=O)O)CC1.[Y].[Y].[Y].[Y].[Y].[Y].[Y].[Y].[Y]. The molecule has 1 heterocycles. The van der Waals surface area contributed by atoms with Gasteiger partial charge in [-0.1, -0.05) is 0 Å². The minimum Gasteiger partial charge on any atom is -0.502 e. The van der Waals surface area contributed by atoms with E-state index in [1.165, 1.54) is 21.6 Å². The van der Waals surface area contributed by atoms with Crippen molar-refractivity contribution in [2.45, 2.75) is 13.0 Å². The Morgan fingerprint density at radius 1 is 0.500 bits per heavy atom. The Morgan fingerprint density at radius 3 is 0.895 bits per heavy atom. The van der Waals surface area contributed by atoms with E-state index in [0.717, 1.165) is 19.6 Å². The van der Waals surface area contributed by atoms with Crippen LogP contribution >= 0.6 is 0 Å². The van der Waals surface area contributed by atoms with Crippen LogP contribution in [0.5, 0.6) is 0 Å². The summed E-state index contributed by atoms with van der Waals surface area (Å²) in [5, 5.41) is 36.5. The van der Waals surface area contributed by atoms with Crippen LogP contribution in [0.15, 0.2) is 0 Å². The number of hydrogen-bond donors (Lipinski definition) is 4. The summed E-state index contributed by atoms with van der Waals surface area (Å²) in [7, 11) is 0. The molecule has 9 radical (unpaired) electrons. The maximum Gasteiger partial charge on any atom is 0.320 e. The Labute approximate surface area is 451 Å². The van der Waals surface area contributed by atoms with Crippen LogP contribution in [0.3, 0.4) is 0 Å². The van der Waals surface area contributed by atoms with Crippen molar-refractivity contribution < 1.29 is 334 Å². The topological polar surface area (TPSA) is 162 Å². The van der Waals surface area contributed by atoms with Crippen LogP contribution in [-0.4, -0.2) is 122 Å². The van der Waals surface area contributed by atoms with Crippen molar-refractivity contribution in [2.75, 3.05) is 52.4 Å². The number of carbonyl (C=O) groups is 4. The van der Waals surface area contributed by atoms with E-state index in [1.807, 2.05) is 0 Å². The summed E-state index contributed by atoms with van der Waals surface area (Å²) in [5.41, 5.74) is 0. The number of hydrogen-bond acceptors (Lipinski definition) is 8. The quantitative estimate of drug-likeness (QED) is 0.207. The molecule has 38 heavy (non-hydrogen) atoms. The number of carboxylic acids is 4. The fraction of sp³-hybridized carbons (Fsp3) is 0.588. The van der Waals surface area contributed by atoms with Gasteiger partial charge in [-0.2, -0.15) is 0 Å². The number of rotatable bonds is 8. The van der Waals surface area contributed by atoms with Crippen molar-refractivity contribution in [3.63, 3.8) is 0 Å². The molecule has 0 aromatic carbocycles. The average molecular weight is 1220 g/mol. The fourth-order valence-corrected chi connectivity index (χ4v) is 2.87. The van der Waals surface area contributed by atoms with Crippen LogP contribution in [0.1, 0.15) is 6.92 Å². The van der Waals surface area contributed by atoms with E-state index in [4.69, 9.17) is 15.3 Å². The molecule has 1 aliphatic heterocycles. The first-order chi connectivity index (χ1) is 13.6. The Hall–Kier alpha value is 7.27. The molecule has 1 atom stereocenters. The van der Waals surface area contributed by atoms with Crippen LogP contribution in [0.4, 0.5) is 0 Å². The standard InChI is InChI=1S/C17H27N4O8.9Y/c1-13(17(28)29)21-8-6-19(11-15(24)25)4-2-18(10-14(22)23)3-5-20(7-9-21)12-16(26)27;;;;;;;;;/h10-13H,2-9H2,1H3,(H,22,23)(H,24,25)(H,26,27)(H,28,29);;;;;;;;;/q-3;;;;;;;;;. The van der Waals surface area contributed by atoms with Crippen molar-refractivity contribution in [3.8, 4) is 0 Å². The number of aliphatic carboxylic acids is 4. The molecule has 0 saturated carbocycles. The van der Waals surface area contributed by atoms with Crippen molar-refractivity contribution >= 4 is 23.9 Å². The van der Waals surface area contributed by atoms with E-state index >= 15 is 0 Å². The minimum absolute atomic E-state index is 0. The Bertz CT molecular complexity index is 586. The maximum atomic E-state index is 11.4. The fourth-order valence-electron chi connectivity index (χ4n) is 2.87. The zero-order chi connectivity index (χ0) is 22.0. The molecule has 0 spiro atoms. The van der Waals surface area contributed by atoms with E-state index < -0.39 is 29.9 Å². The van der Waals surface area contributed by atoms with Crippen molar-refractivity contribution in [2.24, 2.45) is 0 Å². The molecule has 0 bridgehead atoms. The molecule has 0 aromatic heterocycles. The van der Waals surface area contributed by atoms with Crippen LogP contribution in [0.2, 0.25) is 0 Å². The summed E-state index contributed by atoms with van der Waals surface area (Å²) < 4.78 is 0. The second-order valence-electron chi connectivity index (χ2n) is 6.56. The summed E-state index contributed by atoms with van der Waals surface area (Å²) in [4.78, 5) is 50.7. The van der Waals surface area contributed by atoms with E-state index in [2.05, 4.69) is 0 Å². The Balaban J connectivity index is -0.000000133. The van der Waals surface area contributed by atoms with Gasteiger partial charge in [-0.25, -0.2) is 19.6 Å². The first kappa shape index (κ1) is 67.4. The Morgan fingerprint density at radius 2 is 0.711 bits per heavy atom. The van der Waals surface area contributed by atoms with Crippen molar-refractivity contribution in [3.05, 3.63) is 19.6 Å². The zero-order valence-corrected chi connectivity index (χ0v) is 46.9. The van der Waals surface area contributed by atoms with Crippen molar-refractivity contribution in [1.82, 2.24) is 19.6 Å². The molecule has 0 amide bonds. The normalized spacial score (nSPS) is 15.2. The van der Waals surface area contributed by atoms with E-state index in [9.17, 15) is 24.3 Å². The summed E-state index contributed by atoms with van der Waals surface area (Å²) in [6.07, 6.45) is 0. The van der Waals surface area contributed by atoms with Gasteiger partial charge in [0.1, 0.15) is 6.04 Å². The molecule has 1 unspecified atom stereocenters. The molecule has 4 N–H and O–H groups in total. The molecule has 1 fully saturated rings. The molecule has 193 valence electrons. The molecule has 1 aliphatic rings. The van der Waals surface area contributed by atoms with Gasteiger partial charge in [-0.05, 0) is 46.2 Å². The van der Waals surface area contributed by atoms with Crippen LogP contribution in [0, 0.1) is 19.6 Å². The molecular weight excluding hydrogens is 1190 g/mol. The van der Waals surface area contributed by atoms with Gasteiger partial charge < -0.3 is 35.1 Å². The minimum atomic E-state index is -1.17. The first-order valence-corrected chi connectivity index (χ1v) is 9.01. The molecule has 12 nitrogen and oxygen atoms in total. The number of nitrogens with zero attached hydrogens (tertiary/aromatic N) is 4. The van der Waals surface area contributed by atoms with E-state index in [1.54, 1.807) is 4.90 Å².